The van der Waals surface area contributed by atoms with Crippen molar-refractivity contribution in [2.45, 2.75) is 39.0 Å². The molecule has 2 amide bonds. The number of nitrogens with zero attached hydrogens (tertiary/aromatic N) is 1. The molecule has 0 radical (unpaired) electrons. The Morgan fingerprint density at radius 3 is 2.83 bits per heavy atom. The first kappa shape index (κ1) is 15.3. The summed E-state index contributed by atoms with van der Waals surface area (Å²) in [5, 5.41) is 3.75. The fraction of sp³-hybridized carbons (Fsp3) is 0.316. The van der Waals surface area contributed by atoms with Gasteiger partial charge in [0.2, 0.25) is 0 Å². The van der Waals surface area contributed by atoms with Gasteiger partial charge >= 0.3 is 6.03 Å². The van der Waals surface area contributed by atoms with Gasteiger partial charge in [-0.1, -0.05) is 23.7 Å². The number of halogens is 1. The van der Waals surface area contributed by atoms with Crippen molar-refractivity contribution in [2.24, 2.45) is 0 Å². The Morgan fingerprint density at radius 1 is 1.25 bits per heavy atom. The van der Waals surface area contributed by atoms with E-state index in [2.05, 4.69) is 5.32 Å². The van der Waals surface area contributed by atoms with E-state index in [0.29, 0.717) is 11.4 Å². The van der Waals surface area contributed by atoms with E-state index in [1.54, 1.807) is 4.90 Å². The molecule has 2 aromatic rings. The zero-order valence-electron chi connectivity index (χ0n) is 13.9. The molecule has 2 atom stereocenters. The van der Waals surface area contributed by atoms with Crippen molar-refractivity contribution in [1.82, 2.24) is 5.32 Å². The van der Waals surface area contributed by atoms with Crippen molar-refractivity contribution < 1.29 is 9.53 Å². The van der Waals surface area contributed by atoms with E-state index < -0.39 is 5.72 Å². The predicted octanol–water partition coefficient (Wildman–Crippen LogP) is 4.73. The van der Waals surface area contributed by atoms with Gasteiger partial charge in [0.25, 0.3) is 0 Å². The van der Waals surface area contributed by atoms with Gasteiger partial charge in [-0.05, 0) is 56.2 Å². The Morgan fingerprint density at radius 2 is 2.04 bits per heavy atom. The number of carbonyl (C=O) groups is 1. The maximum Gasteiger partial charge on any atom is 0.325 e. The molecule has 0 aliphatic carbocycles. The number of fused-ring (bicyclic) bond motifs is 4. The largest absolute Gasteiger partial charge is 0.467 e. The number of ether oxygens (including phenoxy) is 1. The molecule has 4 nitrogen and oxygen atoms in total. The second-order valence-electron chi connectivity index (χ2n) is 6.79. The van der Waals surface area contributed by atoms with Gasteiger partial charge in [0, 0.05) is 17.0 Å². The Hall–Kier alpha value is -2.20. The lowest BCUT2D eigenvalue weighted by atomic mass is 9.89. The average molecular weight is 343 g/mol. The standard InChI is InChI=1S/C19H19ClN2O2/c1-11-4-5-12(2)16(8-11)22-18(23)21-15-10-19(22,3)24-17-7-6-13(20)9-14(15)17/h4-9,15H,10H2,1-3H3,(H,21,23). The summed E-state index contributed by atoms with van der Waals surface area (Å²) in [6, 6.07) is 11.4. The number of nitrogens with one attached hydrogen (secondary N) is 1. The maximum absolute atomic E-state index is 12.9. The van der Waals surface area contributed by atoms with Crippen LogP contribution < -0.4 is 15.0 Å². The summed E-state index contributed by atoms with van der Waals surface area (Å²) in [4.78, 5) is 14.6. The van der Waals surface area contributed by atoms with E-state index in [1.165, 1.54) is 0 Å². The van der Waals surface area contributed by atoms with Crippen molar-refractivity contribution in [3.8, 4) is 5.75 Å². The molecule has 0 aromatic heterocycles. The van der Waals surface area contributed by atoms with Gasteiger partial charge in [0.05, 0.1) is 11.7 Å². The number of hydrogen-bond donors (Lipinski definition) is 1. The van der Waals surface area contributed by atoms with Crippen LogP contribution in [0.25, 0.3) is 0 Å². The summed E-state index contributed by atoms with van der Waals surface area (Å²) in [5.41, 5.74) is 3.24. The molecule has 1 N–H and O–H groups in total. The van der Waals surface area contributed by atoms with Crippen molar-refractivity contribution in [3.05, 3.63) is 58.1 Å². The molecular weight excluding hydrogens is 324 g/mol. The van der Waals surface area contributed by atoms with Gasteiger partial charge in [0.1, 0.15) is 5.75 Å². The number of anilines is 1. The highest BCUT2D eigenvalue weighted by Crippen LogP contribution is 2.46. The van der Waals surface area contributed by atoms with Crippen molar-refractivity contribution >= 4 is 23.3 Å². The van der Waals surface area contributed by atoms with E-state index >= 15 is 0 Å². The highest BCUT2D eigenvalue weighted by molar-refractivity contribution is 6.30. The van der Waals surface area contributed by atoms with Crippen LogP contribution >= 0.6 is 11.6 Å². The molecule has 2 aliphatic heterocycles. The van der Waals surface area contributed by atoms with Crippen LogP contribution in [0.15, 0.2) is 36.4 Å². The fourth-order valence-corrected chi connectivity index (χ4v) is 3.85. The number of hydrogen-bond acceptors (Lipinski definition) is 2. The first-order chi connectivity index (χ1) is 11.4. The molecule has 1 saturated heterocycles. The van der Waals surface area contributed by atoms with Gasteiger partial charge in [-0.2, -0.15) is 0 Å². The molecule has 4 rings (SSSR count). The van der Waals surface area contributed by atoms with E-state index in [9.17, 15) is 4.79 Å². The Bertz CT molecular complexity index is 851. The first-order valence-electron chi connectivity index (χ1n) is 8.04. The minimum atomic E-state index is -0.730. The summed E-state index contributed by atoms with van der Waals surface area (Å²) in [7, 11) is 0. The minimum Gasteiger partial charge on any atom is -0.467 e. The van der Waals surface area contributed by atoms with Crippen LogP contribution in [0.1, 0.15) is 36.1 Å². The molecule has 2 heterocycles. The molecule has 2 bridgehead atoms. The second-order valence-corrected chi connectivity index (χ2v) is 7.23. The predicted molar refractivity (Wildman–Crippen MR) is 94.8 cm³/mol. The van der Waals surface area contributed by atoms with Crippen LogP contribution in [0.2, 0.25) is 5.02 Å². The topological polar surface area (TPSA) is 41.6 Å². The minimum absolute atomic E-state index is 0.0914. The number of benzene rings is 2. The molecule has 124 valence electrons. The Labute approximate surface area is 146 Å². The number of amides is 2. The normalized spacial score (nSPS) is 24.9. The van der Waals surface area contributed by atoms with Crippen LogP contribution in [0, 0.1) is 13.8 Å². The third-order valence-electron chi connectivity index (χ3n) is 4.84. The third kappa shape index (κ3) is 2.25. The van der Waals surface area contributed by atoms with Gasteiger partial charge in [-0.15, -0.1) is 0 Å². The lowest BCUT2D eigenvalue weighted by molar-refractivity contribution is 0.0378. The summed E-state index contributed by atoms with van der Waals surface area (Å²) in [5.74, 6) is 0.772. The van der Waals surface area contributed by atoms with Crippen molar-refractivity contribution in [1.29, 1.82) is 0 Å². The summed E-state index contributed by atoms with van der Waals surface area (Å²) in [6.07, 6.45) is 0.666. The monoisotopic (exact) mass is 342 g/mol. The average Bonchev–Trinajstić information content (AvgIpc) is 2.51. The molecule has 2 unspecified atom stereocenters. The molecule has 2 aliphatic rings. The van der Waals surface area contributed by atoms with E-state index in [-0.39, 0.29) is 12.1 Å². The van der Waals surface area contributed by atoms with Gasteiger partial charge in [-0.3, -0.25) is 4.90 Å². The fourth-order valence-electron chi connectivity index (χ4n) is 3.67. The molecule has 0 spiro atoms. The van der Waals surface area contributed by atoms with Crippen LogP contribution in [-0.4, -0.2) is 11.8 Å². The smallest absolute Gasteiger partial charge is 0.325 e. The Kier molecular flexibility index (Phi) is 3.29. The van der Waals surface area contributed by atoms with Crippen LogP contribution in [-0.2, 0) is 0 Å². The second kappa shape index (κ2) is 5.15. The first-order valence-corrected chi connectivity index (χ1v) is 8.42. The number of aryl methyl sites for hydroxylation is 2. The molecule has 0 saturated carbocycles. The molecule has 5 heteroatoms. The maximum atomic E-state index is 12.9. The van der Waals surface area contributed by atoms with Crippen molar-refractivity contribution in [2.75, 3.05) is 4.90 Å². The lowest BCUT2D eigenvalue weighted by Gasteiger charge is -2.51. The SMILES string of the molecule is Cc1ccc(C)c(N2C(=O)NC3CC2(C)Oc2ccc(Cl)cc23)c1. The molecule has 2 aromatic carbocycles. The summed E-state index contributed by atoms with van der Waals surface area (Å²) >= 11 is 6.11. The molecule has 1 fully saturated rings. The quantitative estimate of drug-likeness (QED) is 0.814. The van der Waals surface area contributed by atoms with Crippen molar-refractivity contribution in [3.63, 3.8) is 0 Å². The van der Waals surface area contributed by atoms with Crippen LogP contribution in [0.4, 0.5) is 10.5 Å². The highest BCUT2D eigenvalue weighted by atomic mass is 35.5. The van der Waals surface area contributed by atoms with Gasteiger partial charge in [0.15, 0.2) is 5.72 Å². The van der Waals surface area contributed by atoms with E-state index in [4.69, 9.17) is 16.3 Å². The number of rotatable bonds is 1. The number of carbonyl (C=O) groups excluding carboxylic acids is 1. The van der Waals surface area contributed by atoms with Gasteiger partial charge in [-0.25, -0.2) is 4.79 Å². The van der Waals surface area contributed by atoms with Crippen LogP contribution in [0.3, 0.4) is 0 Å². The molecule has 24 heavy (non-hydrogen) atoms. The van der Waals surface area contributed by atoms with E-state index in [0.717, 1.165) is 28.1 Å². The summed E-state index contributed by atoms with van der Waals surface area (Å²) < 4.78 is 6.28. The highest BCUT2D eigenvalue weighted by Gasteiger charge is 2.50. The van der Waals surface area contributed by atoms with Crippen LogP contribution in [0.5, 0.6) is 5.75 Å². The number of urea groups is 1. The third-order valence-corrected chi connectivity index (χ3v) is 5.07. The van der Waals surface area contributed by atoms with Gasteiger partial charge < -0.3 is 10.1 Å². The Balaban J connectivity index is 1.83. The lowest BCUT2D eigenvalue weighted by Crippen LogP contribution is -2.65. The zero-order valence-corrected chi connectivity index (χ0v) is 14.6. The molecular formula is C19H19ClN2O2. The van der Waals surface area contributed by atoms with E-state index in [1.807, 2.05) is 57.2 Å². The summed E-state index contributed by atoms with van der Waals surface area (Å²) in [6.45, 7) is 6.00. The zero-order chi connectivity index (χ0) is 17.1.